The maximum absolute atomic E-state index is 9.49. The Bertz CT molecular complexity index is 194. The van der Waals surface area contributed by atoms with Gasteiger partial charge in [-0.15, -0.1) is 0 Å². The van der Waals surface area contributed by atoms with Crippen molar-refractivity contribution in [2.45, 2.75) is 52.7 Å². The van der Waals surface area contributed by atoms with Crippen LogP contribution in [0.3, 0.4) is 0 Å². The molecule has 0 rings (SSSR count). The molecule has 76 valence electrons. The molecule has 0 bridgehead atoms. The first-order valence-corrected chi connectivity index (χ1v) is 4.80. The molecule has 0 heterocycles. The van der Waals surface area contributed by atoms with Crippen LogP contribution in [0, 0.1) is 17.3 Å². The fourth-order valence-electron chi connectivity index (χ4n) is 0.844. The molecule has 3 N–H and O–H groups in total. The first kappa shape index (κ1) is 12.5. The van der Waals surface area contributed by atoms with E-state index in [4.69, 9.17) is 5.73 Å². The zero-order valence-electron chi connectivity index (χ0n) is 9.09. The fraction of sp³-hybridized carbons (Fsp3) is 0.818. The molecule has 0 spiro atoms. The highest BCUT2D eigenvalue weighted by Crippen LogP contribution is 2.10. The highest BCUT2D eigenvalue weighted by molar-refractivity contribution is 5.08. The topological polar surface area (TPSA) is 46.2 Å². The van der Waals surface area contributed by atoms with Crippen LogP contribution in [0.15, 0.2) is 0 Å². The van der Waals surface area contributed by atoms with Crippen molar-refractivity contribution in [2.24, 2.45) is 11.1 Å². The van der Waals surface area contributed by atoms with E-state index in [9.17, 15) is 5.11 Å². The average Bonchev–Trinajstić information content (AvgIpc) is 2.00. The standard InChI is InChI=1S/C11H21NO/c1-5-9(12)10(13)7-6-8-11(2,3)4/h9-10,13H,5,7,12H2,1-4H3/t9-,10?/m1/s1. The normalized spacial score (nSPS) is 15.8. The largest absolute Gasteiger partial charge is 0.391 e. The smallest absolute Gasteiger partial charge is 0.0799 e. The predicted octanol–water partition coefficient (Wildman–Crippen LogP) is 1.52. The van der Waals surface area contributed by atoms with Crippen LogP contribution >= 0.6 is 0 Å². The Morgan fingerprint density at radius 3 is 2.31 bits per heavy atom. The molecule has 0 aromatic heterocycles. The Morgan fingerprint density at radius 1 is 1.38 bits per heavy atom. The Kier molecular flexibility index (Phi) is 5.05. The van der Waals surface area contributed by atoms with Crippen LogP contribution in [-0.4, -0.2) is 17.3 Å². The second-order valence-electron chi connectivity index (χ2n) is 4.40. The molecule has 0 radical (unpaired) electrons. The summed E-state index contributed by atoms with van der Waals surface area (Å²) in [6.45, 7) is 8.11. The molecule has 0 aliphatic heterocycles. The van der Waals surface area contributed by atoms with Crippen LogP contribution in [0.1, 0.15) is 40.5 Å². The third kappa shape index (κ3) is 6.62. The lowest BCUT2D eigenvalue weighted by molar-refractivity contribution is 0.147. The van der Waals surface area contributed by atoms with Gasteiger partial charge in [0.2, 0.25) is 0 Å². The van der Waals surface area contributed by atoms with Gasteiger partial charge in [0.1, 0.15) is 0 Å². The van der Waals surface area contributed by atoms with Crippen LogP contribution in [0.4, 0.5) is 0 Å². The van der Waals surface area contributed by atoms with Crippen LogP contribution in [0.2, 0.25) is 0 Å². The third-order valence-corrected chi connectivity index (χ3v) is 1.74. The van der Waals surface area contributed by atoms with E-state index in [1.807, 2.05) is 27.7 Å². The van der Waals surface area contributed by atoms with E-state index in [0.29, 0.717) is 6.42 Å². The number of hydrogen-bond donors (Lipinski definition) is 2. The van der Waals surface area contributed by atoms with Gasteiger partial charge in [0.05, 0.1) is 6.10 Å². The van der Waals surface area contributed by atoms with Gasteiger partial charge in [0.25, 0.3) is 0 Å². The Hall–Kier alpha value is -0.520. The SMILES string of the molecule is CC[C@@H](N)C(O)CC#CC(C)(C)C. The molecule has 0 saturated carbocycles. The van der Waals surface area contributed by atoms with Gasteiger partial charge in [0, 0.05) is 17.9 Å². The minimum Gasteiger partial charge on any atom is -0.391 e. The van der Waals surface area contributed by atoms with Gasteiger partial charge in [0.15, 0.2) is 0 Å². The van der Waals surface area contributed by atoms with Crippen LogP contribution in [0.25, 0.3) is 0 Å². The zero-order chi connectivity index (χ0) is 10.5. The predicted molar refractivity (Wildman–Crippen MR) is 56.1 cm³/mol. The number of nitrogens with two attached hydrogens (primary N) is 1. The van der Waals surface area contributed by atoms with Crippen molar-refractivity contribution in [3.8, 4) is 11.8 Å². The average molecular weight is 183 g/mol. The number of aliphatic hydroxyl groups excluding tert-OH is 1. The van der Waals surface area contributed by atoms with Crippen LogP contribution in [-0.2, 0) is 0 Å². The van der Waals surface area contributed by atoms with Crippen molar-refractivity contribution in [2.75, 3.05) is 0 Å². The minimum absolute atomic E-state index is 0.00995. The molecule has 2 atom stereocenters. The maximum Gasteiger partial charge on any atom is 0.0799 e. The van der Waals surface area contributed by atoms with Crippen molar-refractivity contribution >= 4 is 0 Å². The van der Waals surface area contributed by atoms with E-state index in [-0.39, 0.29) is 11.5 Å². The summed E-state index contributed by atoms with van der Waals surface area (Å²) in [5.74, 6) is 6.03. The fourth-order valence-corrected chi connectivity index (χ4v) is 0.844. The first-order chi connectivity index (χ1) is 5.87. The molecule has 0 aliphatic rings. The van der Waals surface area contributed by atoms with Crippen molar-refractivity contribution in [3.63, 3.8) is 0 Å². The summed E-state index contributed by atoms with van der Waals surface area (Å²) in [5, 5.41) is 9.49. The Labute approximate surface area is 81.5 Å². The van der Waals surface area contributed by atoms with Crippen LogP contribution in [0.5, 0.6) is 0 Å². The van der Waals surface area contributed by atoms with Crippen molar-refractivity contribution in [1.29, 1.82) is 0 Å². The van der Waals surface area contributed by atoms with Gasteiger partial charge in [-0.25, -0.2) is 0 Å². The molecule has 0 fully saturated rings. The number of rotatable bonds is 3. The molecular formula is C11H21NO. The minimum atomic E-state index is -0.486. The van der Waals surface area contributed by atoms with Gasteiger partial charge in [-0.2, -0.15) is 0 Å². The molecule has 1 unspecified atom stereocenters. The highest BCUT2D eigenvalue weighted by atomic mass is 16.3. The molecule has 2 nitrogen and oxygen atoms in total. The third-order valence-electron chi connectivity index (χ3n) is 1.74. The highest BCUT2D eigenvalue weighted by Gasteiger charge is 2.11. The number of aliphatic hydroxyl groups is 1. The van der Waals surface area contributed by atoms with Gasteiger partial charge in [-0.3, -0.25) is 0 Å². The maximum atomic E-state index is 9.49. The Balaban J connectivity index is 3.93. The van der Waals surface area contributed by atoms with Crippen molar-refractivity contribution < 1.29 is 5.11 Å². The van der Waals surface area contributed by atoms with Gasteiger partial charge in [-0.05, 0) is 27.2 Å². The van der Waals surface area contributed by atoms with Crippen LogP contribution < -0.4 is 5.73 Å². The van der Waals surface area contributed by atoms with Gasteiger partial charge < -0.3 is 10.8 Å². The lowest BCUT2D eigenvalue weighted by Crippen LogP contribution is -2.33. The van der Waals surface area contributed by atoms with E-state index in [1.165, 1.54) is 0 Å². The van der Waals surface area contributed by atoms with E-state index < -0.39 is 6.10 Å². The molecule has 0 amide bonds. The summed E-state index contributed by atoms with van der Waals surface area (Å²) >= 11 is 0. The summed E-state index contributed by atoms with van der Waals surface area (Å²) in [6, 6.07) is -0.144. The summed E-state index contributed by atoms with van der Waals surface area (Å²) in [6.07, 6.45) is 0.782. The summed E-state index contributed by atoms with van der Waals surface area (Å²) in [5.41, 5.74) is 5.66. The quantitative estimate of drug-likeness (QED) is 0.652. The van der Waals surface area contributed by atoms with E-state index in [1.54, 1.807) is 0 Å². The second kappa shape index (κ2) is 5.26. The first-order valence-electron chi connectivity index (χ1n) is 4.80. The lowest BCUT2D eigenvalue weighted by Gasteiger charge is -2.14. The molecular weight excluding hydrogens is 162 g/mol. The van der Waals surface area contributed by atoms with E-state index in [0.717, 1.165) is 6.42 Å². The number of hydrogen-bond acceptors (Lipinski definition) is 2. The zero-order valence-corrected chi connectivity index (χ0v) is 9.09. The summed E-state index contributed by atoms with van der Waals surface area (Å²) < 4.78 is 0. The second-order valence-corrected chi connectivity index (χ2v) is 4.40. The molecule has 0 aliphatic carbocycles. The Morgan fingerprint density at radius 2 is 1.92 bits per heavy atom. The van der Waals surface area contributed by atoms with E-state index in [2.05, 4.69) is 11.8 Å². The summed E-state index contributed by atoms with van der Waals surface area (Å²) in [7, 11) is 0. The summed E-state index contributed by atoms with van der Waals surface area (Å²) in [4.78, 5) is 0. The van der Waals surface area contributed by atoms with Crippen molar-refractivity contribution in [1.82, 2.24) is 0 Å². The monoisotopic (exact) mass is 183 g/mol. The molecule has 2 heteroatoms. The lowest BCUT2D eigenvalue weighted by atomic mass is 9.97. The van der Waals surface area contributed by atoms with Crippen molar-refractivity contribution in [3.05, 3.63) is 0 Å². The molecule has 0 saturated heterocycles. The van der Waals surface area contributed by atoms with Gasteiger partial charge in [-0.1, -0.05) is 18.8 Å². The van der Waals surface area contributed by atoms with E-state index >= 15 is 0 Å². The molecule has 13 heavy (non-hydrogen) atoms. The van der Waals surface area contributed by atoms with Gasteiger partial charge >= 0.3 is 0 Å². The molecule has 0 aromatic carbocycles. The molecule has 0 aromatic rings.